The van der Waals surface area contributed by atoms with Crippen molar-refractivity contribution < 1.29 is 9.59 Å². The van der Waals surface area contributed by atoms with E-state index in [1.54, 1.807) is 30.1 Å². The second-order valence-corrected chi connectivity index (χ2v) is 6.04. The first-order valence-electron chi connectivity index (χ1n) is 8.16. The van der Waals surface area contributed by atoms with Gasteiger partial charge in [0.1, 0.15) is 0 Å². The Bertz CT molecular complexity index is 735. The molecule has 5 nitrogen and oxygen atoms in total. The summed E-state index contributed by atoms with van der Waals surface area (Å²) in [6, 6.07) is 14.6. The number of rotatable bonds is 7. The number of carbonyl (C=O) groups excluding carboxylic acids is 2. The number of likely N-dealkylation sites (N-methyl/N-ethyl adjacent to an activating group) is 1. The molecule has 0 aliphatic carbocycles. The summed E-state index contributed by atoms with van der Waals surface area (Å²) in [6.07, 6.45) is 1.25. The van der Waals surface area contributed by atoms with Gasteiger partial charge in [-0.05, 0) is 36.8 Å². The average Bonchev–Trinajstić information content (AvgIpc) is 2.62. The van der Waals surface area contributed by atoms with Gasteiger partial charge in [0.05, 0.1) is 17.3 Å². The minimum absolute atomic E-state index is 0.0457. The first-order chi connectivity index (χ1) is 12.0. The maximum Gasteiger partial charge on any atom is 0.246 e. The van der Waals surface area contributed by atoms with Crippen molar-refractivity contribution in [3.63, 3.8) is 0 Å². The Kier molecular flexibility index (Phi) is 6.83. The summed E-state index contributed by atoms with van der Waals surface area (Å²) in [5.41, 5.74) is 2.07. The van der Waals surface area contributed by atoms with Gasteiger partial charge in [-0.1, -0.05) is 36.7 Å². The van der Waals surface area contributed by atoms with Crippen LogP contribution in [0.4, 0.5) is 17.1 Å². The number of nitrogens with zero attached hydrogens (tertiary/aromatic N) is 1. The molecule has 0 atom stereocenters. The van der Waals surface area contributed by atoms with E-state index < -0.39 is 0 Å². The SMILES string of the molecule is CCCC(=O)Nc1ccc(Cl)c(NCC(=O)N(C)c2ccccc2)c1. The highest BCUT2D eigenvalue weighted by atomic mass is 35.5. The monoisotopic (exact) mass is 359 g/mol. The van der Waals surface area contributed by atoms with E-state index in [4.69, 9.17) is 11.6 Å². The van der Waals surface area contributed by atoms with Crippen molar-refractivity contribution in [2.24, 2.45) is 0 Å². The lowest BCUT2D eigenvalue weighted by Gasteiger charge is -2.18. The van der Waals surface area contributed by atoms with E-state index in [2.05, 4.69) is 10.6 Å². The fraction of sp³-hybridized carbons (Fsp3) is 0.263. The number of para-hydroxylation sites is 1. The third-order valence-corrected chi connectivity index (χ3v) is 4.00. The number of hydrogen-bond donors (Lipinski definition) is 2. The molecule has 0 bridgehead atoms. The van der Waals surface area contributed by atoms with Gasteiger partial charge in [0.2, 0.25) is 11.8 Å². The molecule has 25 heavy (non-hydrogen) atoms. The van der Waals surface area contributed by atoms with Gasteiger partial charge in [0.25, 0.3) is 0 Å². The van der Waals surface area contributed by atoms with Gasteiger partial charge in [0, 0.05) is 24.8 Å². The number of hydrogen-bond acceptors (Lipinski definition) is 3. The number of amides is 2. The molecule has 0 radical (unpaired) electrons. The fourth-order valence-electron chi connectivity index (χ4n) is 2.27. The normalized spacial score (nSPS) is 10.2. The molecule has 2 rings (SSSR count). The molecule has 2 amide bonds. The average molecular weight is 360 g/mol. The minimum atomic E-state index is -0.0947. The summed E-state index contributed by atoms with van der Waals surface area (Å²) < 4.78 is 0. The molecule has 0 aliphatic heterocycles. The van der Waals surface area contributed by atoms with Crippen LogP contribution in [0.15, 0.2) is 48.5 Å². The highest BCUT2D eigenvalue weighted by Gasteiger charge is 2.11. The molecule has 0 saturated carbocycles. The first-order valence-corrected chi connectivity index (χ1v) is 8.54. The van der Waals surface area contributed by atoms with Crippen molar-refractivity contribution in [2.45, 2.75) is 19.8 Å². The Morgan fingerprint density at radius 2 is 1.84 bits per heavy atom. The van der Waals surface area contributed by atoms with Crippen molar-refractivity contribution in [1.29, 1.82) is 0 Å². The highest BCUT2D eigenvalue weighted by molar-refractivity contribution is 6.33. The van der Waals surface area contributed by atoms with Crippen LogP contribution in [0.1, 0.15) is 19.8 Å². The molecule has 0 fully saturated rings. The van der Waals surface area contributed by atoms with Gasteiger partial charge >= 0.3 is 0 Å². The van der Waals surface area contributed by atoms with E-state index in [1.807, 2.05) is 37.3 Å². The maximum absolute atomic E-state index is 12.3. The van der Waals surface area contributed by atoms with E-state index in [-0.39, 0.29) is 18.4 Å². The quantitative estimate of drug-likeness (QED) is 0.780. The van der Waals surface area contributed by atoms with Crippen LogP contribution in [0.25, 0.3) is 0 Å². The van der Waals surface area contributed by atoms with Gasteiger partial charge in [0.15, 0.2) is 0 Å². The Labute approximate surface area is 153 Å². The van der Waals surface area contributed by atoms with E-state index in [1.165, 1.54) is 0 Å². The zero-order valence-corrected chi connectivity index (χ0v) is 15.1. The second kappa shape index (κ2) is 9.08. The molecule has 0 saturated heterocycles. The van der Waals surface area contributed by atoms with Gasteiger partial charge in [-0.15, -0.1) is 0 Å². The third-order valence-electron chi connectivity index (χ3n) is 3.67. The summed E-state index contributed by atoms with van der Waals surface area (Å²) in [7, 11) is 1.72. The Morgan fingerprint density at radius 1 is 1.12 bits per heavy atom. The van der Waals surface area contributed by atoms with Crippen LogP contribution < -0.4 is 15.5 Å². The van der Waals surface area contributed by atoms with Crippen LogP contribution >= 0.6 is 11.6 Å². The summed E-state index contributed by atoms with van der Waals surface area (Å²) in [5.74, 6) is -0.140. The number of nitrogens with one attached hydrogen (secondary N) is 2. The molecule has 0 aliphatic rings. The minimum Gasteiger partial charge on any atom is -0.375 e. The molecule has 0 heterocycles. The molecule has 2 aromatic carbocycles. The number of halogens is 1. The molecule has 132 valence electrons. The number of carbonyl (C=O) groups is 2. The third kappa shape index (κ3) is 5.50. The topological polar surface area (TPSA) is 61.4 Å². The number of anilines is 3. The lowest BCUT2D eigenvalue weighted by molar-refractivity contribution is -0.117. The Balaban J connectivity index is 1.99. The molecule has 0 aromatic heterocycles. The zero-order chi connectivity index (χ0) is 18.2. The van der Waals surface area contributed by atoms with Gasteiger partial charge in [-0.25, -0.2) is 0 Å². The summed E-state index contributed by atoms with van der Waals surface area (Å²) in [5, 5.41) is 6.34. The van der Waals surface area contributed by atoms with E-state index in [0.29, 0.717) is 22.8 Å². The largest absolute Gasteiger partial charge is 0.375 e. The molecular formula is C19H22ClN3O2. The van der Waals surface area contributed by atoms with Crippen molar-refractivity contribution in [3.8, 4) is 0 Å². The van der Waals surface area contributed by atoms with Crippen molar-refractivity contribution in [2.75, 3.05) is 29.1 Å². The van der Waals surface area contributed by atoms with Crippen LogP contribution in [0.3, 0.4) is 0 Å². The van der Waals surface area contributed by atoms with Crippen LogP contribution in [0.5, 0.6) is 0 Å². The Morgan fingerprint density at radius 3 is 2.52 bits per heavy atom. The predicted octanol–water partition coefficient (Wildman–Crippen LogP) is 4.15. The van der Waals surface area contributed by atoms with Crippen LogP contribution in [-0.2, 0) is 9.59 Å². The summed E-state index contributed by atoms with van der Waals surface area (Å²) >= 11 is 6.17. The van der Waals surface area contributed by atoms with Crippen molar-refractivity contribution in [3.05, 3.63) is 53.6 Å². The smallest absolute Gasteiger partial charge is 0.246 e. The van der Waals surface area contributed by atoms with Gasteiger partial charge in [-0.3, -0.25) is 9.59 Å². The highest BCUT2D eigenvalue weighted by Crippen LogP contribution is 2.25. The summed E-state index contributed by atoms with van der Waals surface area (Å²) in [6.45, 7) is 2.04. The predicted molar refractivity (Wildman–Crippen MR) is 103 cm³/mol. The first kappa shape index (κ1) is 18.8. The molecule has 6 heteroatoms. The molecule has 0 spiro atoms. The molecule has 2 N–H and O–H groups in total. The number of benzene rings is 2. The van der Waals surface area contributed by atoms with Crippen molar-refractivity contribution in [1.82, 2.24) is 0 Å². The standard InChI is InChI=1S/C19H22ClN3O2/c1-3-7-18(24)22-14-10-11-16(20)17(12-14)21-13-19(25)23(2)15-8-5-4-6-9-15/h4-6,8-12,21H,3,7,13H2,1-2H3,(H,22,24). The lowest BCUT2D eigenvalue weighted by Crippen LogP contribution is -2.32. The van der Waals surface area contributed by atoms with Crippen LogP contribution in [0.2, 0.25) is 5.02 Å². The Hall–Kier alpha value is -2.53. The van der Waals surface area contributed by atoms with E-state index in [0.717, 1.165) is 12.1 Å². The van der Waals surface area contributed by atoms with Crippen LogP contribution in [-0.4, -0.2) is 25.4 Å². The fourth-order valence-corrected chi connectivity index (χ4v) is 2.46. The zero-order valence-electron chi connectivity index (χ0n) is 14.4. The lowest BCUT2D eigenvalue weighted by atomic mass is 10.2. The van der Waals surface area contributed by atoms with E-state index in [9.17, 15) is 9.59 Å². The maximum atomic E-state index is 12.3. The second-order valence-electron chi connectivity index (χ2n) is 5.63. The molecular weight excluding hydrogens is 338 g/mol. The van der Waals surface area contributed by atoms with Crippen molar-refractivity contribution >= 4 is 40.5 Å². The molecule has 2 aromatic rings. The van der Waals surface area contributed by atoms with E-state index >= 15 is 0 Å². The molecule has 0 unspecified atom stereocenters. The van der Waals surface area contributed by atoms with Gasteiger partial charge in [-0.2, -0.15) is 0 Å². The van der Waals surface area contributed by atoms with Crippen LogP contribution in [0, 0.1) is 0 Å². The van der Waals surface area contributed by atoms with Gasteiger partial charge < -0.3 is 15.5 Å². The summed E-state index contributed by atoms with van der Waals surface area (Å²) in [4.78, 5) is 25.6.